The van der Waals surface area contributed by atoms with Crippen molar-refractivity contribution in [3.63, 3.8) is 0 Å². The molecule has 7 nitrogen and oxygen atoms in total. The van der Waals surface area contributed by atoms with E-state index in [1.54, 1.807) is 29.3 Å². The minimum atomic E-state index is -0.253. The van der Waals surface area contributed by atoms with Gasteiger partial charge in [-0.1, -0.05) is 12.1 Å². The summed E-state index contributed by atoms with van der Waals surface area (Å²) in [7, 11) is 2.10. The van der Waals surface area contributed by atoms with Gasteiger partial charge in [0.2, 0.25) is 0 Å². The predicted molar refractivity (Wildman–Crippen MR) is 97.7 cm³/mol. The summed E-state index contributed by atoms with van der Waals surface area (Å²) in [5, 5.41) is 2.88. The van der Waals surface area contributed by atoms with Crippen molar-refractivity contribution in [1.29, 1.82) is 0 Å². The first kappa shape index (κ1) is 15.3. The number of benzene rings is 1. The molecule has 7 heteroatoms. The van der Waals surface area contributed by atoms with Crippen molar-refractivity contribution in [2.24, 2.45) is 5.41 Å². The van der Waals surface area contributed by atoms with E-state index in [0.29, 0.717) is 22.8 Å². The number of pyridine rings is 1. The average molecular weight is 349 g/mol. The zero-order valence-electron chi connectivity index (χ0n) is 14.5. The summed E-state index contributed by atoms with van der Waals surface area (Å²) in [4.78, 5) is 36.0. The summed E-state index contributed by atoms with van der Waals surface area (Å²) in [5.74, 6) is 0.128. The van der Waals surface area contributed by atoms with Crippen molar-refractivity contribution in [2.45, 2.75) is 0 Å². The van der Waals surface area contributed by atoms with E-state index in [0.717, 1.165) is 26.2 Å². The van der Waals surface area contributed by atoms with E-state index in [2.05, 4.69) is 22.2 Å². The number of fused-ring (bicyclic) bond motifs is 2. The third-order valence-electron chi connectivity index (χ3n) is 5.36. The molecule has 26 heavy (non-hydrogen) atoms. The van der Waals surface area contributed by atoms with Crippen molar-refractivity contribution >= 4 is 29.1 Å². The molecule has 4 heterocycles. The van der Waals surface area contributed by atoms with Gasteiger partial charge >= 0.3 is 6.03 Å². The molecule has 1 spiro atoms. The van der Waals surface area contributed by atoms with E-state index in [4.69, 9.17) is 0 Å². The summed E-state index contributed by atoms with van der Waals surface area (Å²) in [6, 6.07) is 10.6. The Kier molecular flexibility index (Phi) is 3.12. The number of urea groups is 1. The number of para-hydroxylation sites is 2. The van der Waals surface area contributed by atoms with Gasteiger partial charge in [-0.3, -0.25) is 4.79 Å². The minimum absolute atomic E-state index is 0.130. The van der Waals surface area contributed by atoms with Crippen LogP contribution in [-0.2, 0) is 0 Å². The molecule has 0 atom stereocenters. The summed E-state index contributed by atoms with van der Waals surface area (Å²) < 4.78 is 0. The maximum Gasteiger partial charge on any atom is 0.330 e. The van der Waals surface area contributed by atoms with Crippen LogP contribution in [0.1, 0.15) is 10.4 Å². The van der Waals surface area contributed by atoms with Gasteiger partial charge in [0.05, 0.1) is 16.9 Å². The number of hydrogen-bond acceptors (Lipinski definition) is 4. The van der Waals surface area contributed by atoms with Crippen LogP contribution < -0.4 is 10.2 Å². The monoisotopic (exact) mass is 349 g/mol. The van der Waals surface area contributed by atoms with Crippen molar-refractivity contribution < 1.29 is 9.59 Å². The highest BCUT2D eigenvalue weighted by molar-refractivity contribution is 6.16. The van der Waals surface area contributed by atoms with Gasteiger partial charge in [-0.25, -0.2) is 14.7 Å². The first-order valence-electron chi connectivity index (χ1n) is 8.69. The number of likely N-dealkylation sites (tertiary alicyclic amines) is 2. The Morgan fingerprint density at radius 2 is 1.88 bits per heavy atom. The standard InChI is InChI=1S/C19H19N5O2/c1-22-9-19(10-22)11-23(12-19)18(26)24-15-7-3-2-6-14(15)21-17(25)13-5-4-8-20-16(13)24/h2-8H,9-12H2,1H3,(H,21,25). The fourth-order valence-electron chi connectivity index (χ4n) is 4.36. The van der Waals surface area contributed by atoms with E-state index < -0.39 is 0 Å². The maximum absolute atomic E-state index is 13.3. The fraction of sp³-hybridized carbons (Fsp3) is 0.316. The second-order valence-corrected chi connectivity index (χ2v) is 7.49. The minimum Gasteiger partial charge on any atom is -0.323 e. The van der Waals surface area contributed by atoms with Gasteiger partial charge in [0.15, 0.2) is 5.82 Å². The molecule has 1 aromatic heterocycles. The largest absolute Gasteiger partial charge is 0.330 e. The van der Waals surface area contributed by atoms with Gasteiger partial charge < -0.3 is 15.1 Å². The smallest absolute Gasteiger partial charge is 0.323 e. The second-order valence-electron chi connectivity index (χ2n) is 7.49. The van der Waals surface area contributed by atoms with Gasteiger partial charge in [-0.05, 0) is 31.3 Å². The Balaban J connectivity index is 1.54. The summed E-state index contributed by atoms with van der Waals surface area (Å²) in [5.41, 5.74) is 1.91. The van der Waals surface area contributed by atoms with E-state index in [1.165, 1.54) is 0 Å². The van der Waals surface area contributed by atoms with Crippen molar-refractivity contribution in [3.8, 4) is 0 Å². The van der Waals surface area contributed by atoms with E-state index in [1.807, 2.05) is 23.1 Å². The highest BCUT2D eigenvalue weighted by atomic mass is 16.2. The summed E-state index contributed by atoms with van der Waals surface area (Å²) in [6.07, 6.45) is 1.61. The van der Waals surface area contributed by atoms with Gasteiger partial charge in [-0.15, -0.1) is 0 Å². The van der Waals surface area contributed by atoms with Crippen molar-refractivity contribution in [1.82, 2.24) is 14.8 Å². The molecule has 132 valence electrons. The molecule has 2 fully saturated rings. The van der Waals surface area contributed by atoms with Crippen LogP contribution in [0.4, 0.5) is 22.0 Å². The summed E-state index contributed by atoms with van der Waals surface area (Å²) >= 11 is 0. The van der Waals surface area contributed by atoms with Crippen LogP contribution in [0.25, 0.3) is 0 Å². The summed E-state index contributed by atoms with van der Waals surface area (Å²) in [6.45, 7) is 3.56. The zero-order chi connectivity index (χ0) is 17.9. The Labute approximate surface area is 151 Å². The van der Waals surface area contributed by atoms with Gasteiger partial charge in [-0.2, -0.15) is 0 Å². The van der Waals surface area contributed by atoms with Crippen LogP contribution in [0.2, 0.25) is 0 Å². The molecule has 2 aromatic rings. The lowest BCUT2D eigenvalue weighted by atomic mass is 9.73. The Hall–Kier alpha value is -2.93. The number of hydrogen-bond donors (Lipinski definition) is 1. The van der Waals surface area contributed by atoms with Crippen LogP contribution in [-0.4, -0.2) is 59.9 Å². The average Bonchev–Trinajstić information content (AvgIpc) is 2.70. The second kappa shape index (κ2) is 5.28. The normalized spacial score (nSPS) is 20.4. The van der Waals surface area contributed by atoms with Crippen molar-refractivity contribution in [2.75, 3.05) is 43.4 Å². The Bertz CT molecular complexity index is 914. The lowest BCUT2D eigenvalue weighted by Gasteiger charge is -2.59. The van der Waals surface area contributed by atoms with Crippen LogP contribution in [0.3, 0.4) is 0 Å². The molecule has 0 unspecified atom stereocenters. The zero-order valence-corrected chi connectivity index (χ0v) is 14.5. The molecule has 1 N–H and O–H groups in total. The Morgan fingerprint density at radius 1 is 1.12 bits per heavy atom. The molecular weight excluding hydrogens is 330 g/mol. The number of aromatic nitrogens is 1. The molecule has 3 amide bonds. The molecule has 5 rings (SSSR count). The quantitative estimate of drug-likeness (QED) is 0.791. The third-order valence-corrected chi connectivity index (χ3v) is 5.36. The number of carbonyl (C=O) groups is 2. The third kappa shape index (κ3) is 2.13. The van der Waals surface area contributed by atoms with E-state index in [-0.39, 0.29) is 17.4 Å². The van der Waals surface area contributed by atoms with Crippen LogP contribution >= 0.6 is 0 Å². The van der Waals surface area contributed by atoms with E-state index >= 15 is 0 Å². The lowest BCUT2D eigenvalue weighted by molar-refractivity contribution is -0.0814. The molecule has 1 aromatic carbocycles. The molecule has 0 saturated carbocycles. The van der Waals surface area contributed by atoms with Crippen molar-refractivity contribution in [3.05, 3.63) is 48.2 Å². The van der Waals surface area contributed by atoms with Gasteiger partial charge in [0, 0.05) is 37.8 Å². The lowest BCUT2D eigenvalue weighted by Crippen LogP contribution is -2.73. The molecule has 3 aliphatic heterocycles. The maximum atomic E-state index is 13.3. The first-order chi connectivity index (χ1) is 12.6. The predicted octanol–water partition coefficient (Wildman–Crippen LogP) is 2.15. The molecular formula is C19H19N5O2. The molecule has 0 radical (unpaired) electrons. The van der Waals surface area contributed by atoms with Crippen LogP contribution in [0.5, 0.6) is 0 Å². The molecule has 0 aliphatic carbocycles. The SMILES string of the molecule is CN1CC2(C1)CN(C(=O)N1c3ccccc3NC(=O)c3cccnc31)C2. The number of amides is 3. The van der Waals surface area contributed by atoms with Crippen LogP contribution in [0, 0.1) is 5.41 Å². The highest BCUT2D eigenvalue weighted by Gasteiger charge is 2.53. The Morgan fingerprint density at radius 3 is 2.65 bits per heavy atom. The number of rotatable bonds is 0. The fourth-order valence-corrected chi connectivity index (χ4v) is 4.36. The molecule has 2 saturated heterocycles. The highest BCUT2D eigenvalue weighted by Crippen LogP contribution is 2.42. The van der Waals surface area contributed by atoms with Gasteiger partial charge in [0.25, 0.3) is 5.91 Å². The topological polar surface area (TPSA) is 68.8 Å². The number of nitrogens with one attached hydrogen (secondary N) is 1. The number of nitrogens with zero attached hydrogens (tertiary/aromatic N) is 4. The van der Waals surface area contributed by atoms with Crippen LogP contribution in [0.15, 0.2) is 42.6 Å². The number of anilines is 3. The molecule has 3 aliphatic rings. The number of carbonyl (C=O) groups excluding carboxylic acids is 2. The molecule has 0 bridgehead atoms. The van der Waals surface area contributed by atoms with Gasteiger partial charge in [0.1, 0.15) is 0 Å². The van der Waals surface area contributed by atoms with E-state index in [9.17, 15) is 9.59 Å². The first-order valence-corrected chi connectivity index (χ1v) is 8.69.